The molecule has 0 bridgehead atoms. The zero-order chi connectivity index (χ0) is 25.6. The molecule has 3 rings (SSSR count). The average Bonchev–Trinajstić information content (AvgIpc) is 3.30. The van der Waals surface area contributed by atoms with Gasteiger partial charge in [0, 0.05) is 12.6 Å². The molecule has 1 saturated carbocycles. The van der Waals surface area contributed by atoms with Gasteiger partial charge in [-0.25, -0.2) is 8.42 Å². The first-order valence-corrected chi connectivity index (χ1v) is 14.2. The lowest BCUT2D eigenvalue weighted by atomic mass is 10.1. The summed E-state index contributed by atoms with van der Waals surface area (Å²) in [5, 5.41) is 3.33. The highest BCUT2D eigenvalue weighted by Gasteiger charge is 2.33. The van der Waals surface area contributed by atoms with E-state index in [9.17, 15) is 18.0 Å². The van der Waals surface area contributed by atoms with Gasteiger partial charge in [-0.3, -0.25) is 13.9 Å². The largest absolute Gasteiger partial charge is 0.352 e. The molecule has 9 heteroatoms. The maximum atomic E-state index is 13.7. The summed E-state index contributed by atoms with van der Waals surface area (Å²) < 4.78 is 26.3. The fourth-order valence-electron chi connectivity index (χ4n) is 4.54. The van der Waals surface area contributed by atoms with E-state index in [1.54, 1.807) is 24.3 Å². The third kappa shape index (κ3) is 7.21. The van der Waals surface area contributed by atoms with E-state index in [1.807, 2.05) is 38.1 Å². The van der Waals surface area contributed by atoms with Gasteiger partial charge in [0.2, 0.25) is 21.8 Å². The molecule has 7 nitrogen and oxygen atoms in total. The number of amides is 2. The SMILES string of the molecule is CC[C@H](C(=O)NC1CCCC1)N(Cc1cccc(C)c1)C(=O)CN(c1ccccc1Cl)S(C)(=O)=O. The van der Waals surface area contributed by atoms with E-state index < -0.39 is 28.5 Å². The number of carbonyl (C=O) groups is 2. The van der Waals surface area contributed by atoms with Crippen LogP contribution in [0.1, 0.15) is 50.2 Å². The molecule has 0 radical (unpaired) electrons. The van der Waals surface area contributed by atoms with Crippen LogP contribution in [0.3, 0.4) is 0 Å². The van der Waals surface area contributed by atoms with Gasteiger partial charge in [0.1, 0.15) is 12.6 Å². The smallest absolute Gasteiger partial charge is 0.244 e. The van der Waals surface area contributed by atoms with Crippen molar-refractivity contribution in [3.05, 3.63) is 64.7 Å². The number of rotatable bonds is 10. The van der Waals surface area contributed by atoms with Crippen molar-refractivity contribution in [1.82, 2.24) is 10.2 Å². The molecule has 0 heterocycles. The fraction of sp³-hybridized carbons (Fsp3) is 0.462. The minimum atomic E-state index is -3.82. The summed E-state index contributed by atoms with van der Waals surface area (Å²) in [6.07, 6.45) is 5.47. The van der Waals surface area contributed by atoms with Gasteiger partial charge in [0.25, 0.3) is 0 Å². The molecule has 190 valence electrons. The van der Waals surface area contributed by atoms with Gasteiger partial charge in [0.15, 0.2) is 0 Å². The summed E-state index contributed by atoms with van der Waals surface area (Å²) in [5.41, 5.74) is 2.13. The van der Waals surface area contributed by atoms with Crippen LogP contribution in [0.5, 0.6) is 0 Å². The number of hydrogen-bond acceptors (Lipinski definition) is 4. The van der Waals surface area contributed by atoms with Gasteiger partial charge in [-0.05, 0) is 43.9 Å². The monoisotopic (exact) mass is 519 g/mol. The first-order chi connectivity index (χ1) is 16.6. The van der Waals surface area contributed by atoms with Crippen molar-refractivity contribution in [2.75, 3.05) is 17.1 Å². The second-order valence-electron chi connectivity index (χ2n) is 9.15. The van der Waals surface area contributed by atoms with Gasteiger partial charge in [-0.1, -0.05) is 73.3 Å². The predicted octanol–water partition coefficient (Wildman–Crippen LogP) is 4.28. The number of sulfonamides is 1. The lowest BCUT2D eigenvalue weighted by Gasteiger charge is -2.33. The number of carbonyl (C=O) groups excluding carboxylic acids is 2. The number of aryl methyl sites for hydroxylation is 1. The highest BCUT2D eigenvalue weighted by Crippen LogP contribution is 2.28. The standard InChI is InChI=1S/C26H34ClN3O4S/c1-4-23(26(32)28-21-12-5-6-13-21)29(17-20-11-9-10-19(2)16-20)25(31)18-30(35(3,33)34)24-15-8-7-14-22(24)27/h7-11,14-16,21,23H,4-6,12-13,17-18H2,1-3H3,(H,28,32)/t23-/m1/s1. The maximum absolute atomic E-state index is 13.7. The van der Waals surface area contributed by atoms with Gasteiger partial charge in [-0.2, -0.15) is 0 Å². The summed E-state index contributed by atoms with van der Waals surface area (Å²) in [6.45, 7) is 3.55. The molecule has 0 aromatic heterocycles. The first kappa shape index (κ1) is 27.0. The van der Waals surface area contributed by atoms with E-state index in [0.717, 1.165) is 47.4 Å². The zero-order valence-corrected chi connectivity index (χ0v) is 22.1. The average molecular weight is 520 g/mol. The second-order valence-corrected chi connectivity index (χ2v) is 11.5. The summed E-state index contributed by atoms with van der Waals surface area (Å²) in [5.74, 6) is -0.672. The third-order valence-corrected chi connectivity index (χ3v) is 7.77. The molecule has 0 saturated heterocycles. The number of anilines is 1. The van der Waals surface area contributed by atoms with Crippen LogP contribution in [0.2, 0.25) is 5.02 Å². The number of nitrogens with one attached hydrogen (secondary N) is 1. The van der Waals surface area contributed by atoms with Gasteiger partial charge < -0.3 is 10.2 Å². The van der Waals surface area contributed by atoms with Gasteiger partial charge in [0.05, 0.1) is 17.0 Å². The first-order valence-electron chi connectivity index (χ1n) is 12.0. The van der Waals surface area contributed by atoms with Crippen LogP contribution < -0.4 is 9.62 Å². The Morgan fingerprint density at radius 3 is 2.40 bits per heavy atom. The molecule has 0 aliphatic heterocycles. The van der Waals surface area contributed by atoms with Crippen LogP contribution in [-0.2, 0) is 26.2 Å². The molecule has 1 aliphatic rings. The Balaban J connectivity index is 1.93. The van der Waals surface area contributed by atoms with Crippen LogP contribution in [0.4, 0.5) is 5.69 Å². The van der Waals surface area contributed by atoms with E-state index in [1.165, 1.54) is 4.90 Å². The van der Waals surface area contributed by atoms with E-state index >= 15 is 0 Å². The normalized spacial score (nSPS) is 15.0. The zero-order valence-electron chi connectivity index (χ0n) is 20.5. The summed E-state index contributed by atoms with van der Waals surface area (Å²) in [4.78, 5) is 28.5. The molecule has 0 unspecified atom stereocenters. The maximum Gasteiger partial charge on any atom is 0.244 e. The molecular formula is C26H34ClN3O4S. The van der Waals surface area contributed by atoms with Crippen molar-refractivity contribution in [3.63, 3.8) is 0 Å². The Bertz CT molecular complexity index is 1150. The molecule has 1 atom stereocenters. The van der Waals surface area contributed by atoms with Crippen molar-refractivity contribution < 1.29 is 18.0 Å². The second kappa shape index (κ2) is 11.9. The Morgan fingerprint density at radius 1 is 1.11 bits per heavy atom. The lowest BCUT2D eigenvalue weighted by Crippen LogP contribution is -2.53. The molecule has 2 aromatic rings. The molecule has 1 N–H and O–H groups in total. The van der Waals surface area contributed by atoms with Crippen LogP contribution in [-0.4, -0.2) is 50.0 Å². The van der Waals surface area contributed by atoms with E-state index in [0.29, 0.717) is 6.42 Å². The number of halogens is 1. The summed E-state index contributed by atoms with van der Waals surface area (Å²) in [7, 11) is -3.82. The Labute approximate surface area is 213 Å². The van der Waals surface area contributed by atoms with Crippen molar-refractivity contribution in [2.45, 2.75) is 64.6 Å². The molecule has 2 amide bonds. The topological polar surface area (TPSA) is 86.8 Å². The minimum absolute atomic E-state index is 0.114. The fourth-order valence-corrected chi connectivity index (χ4v) is 5.69. The molecule has 1 aliphatic carbocycles. The number of nitrogens with zero attached hydrogens (tertiary/aromatic N) is 2. The van der Waals surface area contributed by atoms with Crippen LogP contribution in [0.25, 0.3) is 0 Å². The van der Waals surface area contributed by atoms with Gasteiger partial charge in [-0.15, -0.1) is 0 Å². The number of benzene rings is 2. The van der Waals surface area contributed by atoms with Gasteiger partial charge >= 0.3 is 0 Å². The van der Waals surface area contributed by atoms with Crippen LogP contribution in [0, 0.1) is 6.92 Å². The van der Waals surface area contributed by atoms with Crippen molar-refractivity contribution in [3.8, 4) is 0 Å². The van der Waals surface area contributed by atoms with E-state index in [-0.39, 0.29) is 29.2 Å². The van der Waals surface area contributed by atoms with E-state index in [4.69, 9.17) is 11.6 Å². The molecule has 2 aromatic carbocycles. The Morgan fingerprint density at radius 2 is 1.80 bits per heavy atom. The summed E-state index contributed by atoms with van der Waals surface area (Å²) >= 11 is 6.28. The number of hydrogen-bond donors (Lipinski definition) is 1. The molecular weight excluding hydrogens is 486 g/mol. The predicted molar refractivity (Wildman–Crippen MR) is 140 cm³/mol. The van der Waals surface area contributed by atoms with E-state index in [2.05, 4.69) is 5.32 Å². The molecule has 35 heavy (non-hydrogen) atoms. The van der Waals surface area contributed by atoms with Crippen molar-refractivity contribution in [2.24, 2.45) is 0 Å². The molecule has 0 spiro atoms. The van der Waals surface area contributed by atoms with Crippen molar-refractivity contribution in [1.29, 1.82) is 0 Å². The summed E-state index contributed by atoms with van der Waals surface area (Å²) in [6, 6.07) is 13.6. The number of para-hydroxylation sites is 1. The Kier molecular flexibility index (Phi) is 9.19. The minimum Gasteiger partial charge on any atom is -0.352 e. The Hall–Kier alpha value is -2.58. The van der Waals surface area contributed by atoms with Crippen LogP contribution >= 0.6 is 11.6 Å². The highest BCUT2D eigenvalue weighted by molar-refractivity contribution is 7.92. The van der Waals surface area contributed by atoms with Crippen LogP contribution in [0.15, 0.2) is 48.5 Å². The lowest BCUT2D eigenvalue weighted by molar-refractivity contribution is -0.140. The highest BCUT2D eigenvalue weighted by atomic mass is 35.5. The third-order valence-electron chi connectivity index (χ3n) is 6.32. The molecule has 1 fully saturated rings. The quantitative estimate of drug-likeness (QED) is 0.507. The van der Waals surface area contributed by atoms with Crippen molar-refractivity contribution >= 4 is 39.1 Å².